The van der Waals surface area contributed by atoms with E-state index in [-0.39, 0.29) is 5.54 Å². The zero-order chi connectivity index (χ0) is 11.1. The monoisotopic (exact) mass is 203 g/mol. The van der Waals surface area contributed by atoms with Gasteiger partial charge in [-0.3, -0.25) is 4.79 Å². The predicted molar refractivity (Wildman–Crippen MR) is 61.2 cm³/mol. The van der Waals surface area contributed by atoms with Crippen LogP contribution in [0.1, 0.15) is 39.9 Å². The van der Waals surface area contributed by atoms with Crippen LogP contribution in [-0.2, 0) is 6.42 Å². The minimum absolute atomic E-state index is 0.0283. The number of aldehydes is 1. The Morgan fingerprint density at radius 1 is 1.33 bits per heavy atom. The Labute approximate surface area is 90.5 Å². The van der Waals surface area contributed by atoms with Crippen LogP contribution in [0.3, 0.4) is 0 Å². The molecule has 0 unspecified atom stereocenters. The molecule has 0 amide bonds. The molecule has 80 valence electrons. The average Bonchev–Trinajstić information content (AvgIpc) is 2.89. The number of nitrogens with two attached hydrogens (primary N) is 1. The molecule has 0 saturated heterocycles. The second kappa shape index (κ2) is 3.46. The van der Waals surface area contributed by atoms with E-state index in [2.05, 4.69) is 13.0 Å². The lowest BCUT2D eigenvalue weighted by Gasteiger charge is -2.12. The van der Waals surface area contributed by atoms with Crippen molar-refractivity contribution < 1.29 is 4.79 Å². The van der Waals surface area contributed by atoms with E-state index >= 15 is 0 Å². The number of benzene rings is 1. The second-order valence-corrected chi connectivity index (χ2v) is 4.79. The van der Waals surface area contributed by atoms with Gasteiger partial charge in [0.2, 0.25) is 0 Å². The number of hydrogen-bond acceptors (Lipinski definition) is 2. The van der Waals surface area contributed by atoms with Gasteiger partial charge in [0, 0.05) is 11.1 Å². The molecular formula is C13H17NO. The summed E-state index contributed by atoms with van der Waals surface area (Å²) in [6.07, 6.45) is 3.94. The lowest BCUT2D eigenvalue weighted by Crippen LogP contribution is -2.25. The quantitative estimate of drug-likeness (QED) is 0.765. The van der Waals surface area contributed by atoms with Crippen LogP contribution in [0.15, 0.2) is 12.1 Å². The van der Waals surface area contributed by atoms with Crippen LogP contribution >= 0.6 is 0 Å². The van der Waals surface area contributed by atoms with E-state index in [1.165, 1.54) is 11.1 Å². The molecule has 1 aliphatic rings. The summed E-state index contributed by atoms with van der Waals surface area (Å²) in [5.41, 5.74) is 10.4. The van der Waals surface area contributed by atoms with Gasteiger partial charge < -0.3 is 5.73 Å². The molecule has 0 bridgehead atoms. The lowest BCUT2D eigenvalue weighted by molar-refractivity contribution is 0.112. The van der Waals surface area contributed by atoms with Gasteiger partial charge in [-0.05, 0) is 55.9 Å². The van der Waals surface area contributed by atoms with Crippen LogP contribution in [0.25, 0.3) is 0 Å². The largest absolute Gasteiger partial charge is 0.325 e. The summed E-state index contributed by atoms with van der Waals surface area (Å²) in [6.45, 7) is 4.10. The third-order valence-corrected chi connectivity index (χ3v) is 3.32. The van der Waals surface area contributed by atoms with Gasteiger partial charge in [-0.2, -0.15) is 0 Å². The van der Waals surface area contributed by atoms with E-state index in [0.29, 0.717) is 0 Å². The number of hydrogen-bond donors (Lipinski definition) is 1. The molecule has 0 aliphatic heterocycles. The van der Waals surface area contributed by atoms with Gasteiger partial charge in [-0.25, -0.2) is 0 Å². The first kappa shape index (κ1) is 10.4. The summed E-state index contributed by atoms with van der Waals surface area (Å²) >= 11 is 0. The topological polar surface area (TPSA) is 43.1 Å². The lowest BCUT2D eigenvalue weighted by atomic mass is 9.95. The molecule has 0 aromatic heterocycles. The van der Waals surface area contributed by atoms with E-state index < -0.39 is 0 Å². The molecule has 15 heavy (non-hydrogen) atoms. The molecule has 2 nitrogen and oxygen atoms in total. The first-order valence-corrected chi connectivity index (χ1v) is 5.38. The van der Waals surface area contributed by atoms with Crippen LogP contribution in [0.2, 0.25) is 0 Å². The standard InChI is InChI=1S/C13H17NO/c1-9-5-11(7-13(14)3-4-13)12(8-15)6-10(9)2/h5-6,8H,3-4,7,14H2,1-2H3. The molecule has 1 saturated carbocycles. The highest BCUT2D eigenvalue weighted by Crippen LogP contribution is 2.36. The highest BCUT2D eigenvalue weighted by atomic mass is 16.1. The van der Waals surface area contributed by atoms with Gasteiger partial charge >= 0.3 is 0 Å². The van der Waals surface area contributed by atoms with Crippen molar-refractivity contribution in [3.05, 3.63) is 34.4 Å². The minimum atomic E-state index is -0.0283. The smallest absolute Gasteiger partial charge is 0.150 e. The first-order chi connectivity index (χ1) is 7.04. The van der Waals surface area contributed by atoms with Crippen molar-refractivity contribution in [1.82, 2.24) is 0 Å². The van der Waals surface area contributed by atoms with Gasteiger partial charge in [-0.1, -0.05) is 6.07 Å². The van der Waals surface area contributed by atoms with Gasteiger partial charge in [0.1, 0.15) is 6.29 Å². The Balaban J connectivity index is 2.36. The van der Waals surface area contributed by atoms with E-state index in [1.54, 1.807) is 0 Å². The van der Waals surface area contributed by atoms with Crippen LogP contribution in [-0.4, -0.2) is 11.8 Å². The number of carbonyl (C=O) groups excluding carboxylic acids is 1. The van der Waals surface area contributed by atoms with Crippen LogP contribution in [0.5, 0.6) is 0 Å². The summed E-state index contributed by atoms with van der Waals surface area (Å²) in [5.74, 6) is 0. The Morgan fingerprint density at radius 3 is 2.47 bits per heavy atom. The summed E-state index contributed by atoms with van der Waals surface area (Å²) in [7, 11) is 0. The zero-order valence-electron chi connectivity index (χ0n) is 9.34. The Kier molecular flexibility index (Phi) is 2.39. The second-order valence-electron chi connectivity index (χ2n) is 4.79. The molecule has 0 atom stereocenters. The summed E-state index contributed by atoms with van der Waals surface area (Å²) in [4.78, 5) is 11.0. The van der Waals surface area contributed by atoms with E-state index in [9.17, 15) is 4.79 Å². The van der Waals surface area contributed by atoms with Gasteiger partial charge in [0.25, 0.3) is 0 Å². The zero-order valence-corrected chi connectivity index (χ0v) is 9.34. The van der Waals surface area contributed by atoms with Gasteiger partial charge in [0.15, 0.2) is 0 Å². The molecule has 0 radical (unpaired) electrons. The SMILES string of the molecule is Cc1cc(C=O)c(CC2(N)CC2)cc1C. The maximum Gasteiger partial charge on any atom is 0.150 e. The molecule has 2 N–H and O–H groups in total. The number of aryl methyl sites for hydroxylation is 2. The molecular weight excluding hydrogens is 186 g/mol. The molecule has 1 fully saturated rings. The fourth-order valence-corrected chi connectivity index (χ4v) is 1.88. The minimum Gasteiger partial charge on any atom is -0.325 e. The van der Waals surface area contributed by atoms with Crippen molar-refractivity contribution in [1.29, 1.82) is 0 Å². The molecule has 2 rings (SSSR count). The third-order valence-electron chi connectivity index (χ3n) is 3.32. The van der Waals surface area contributed by atoms with Crippen LogP contribution in [0.4, 0.5) is 0 Å². The average molecular weight is 203 g/mol. The van der Waals surface area contributed by atoms with E-state index in [4.69, 9.17) is 5.73 Å². The van der Waals surface area contributed by atoms with Crippen LogP contribution < -0.4 is 5.73 Å². The molecule has 0 heterocycles. The van der Waals surface area contributed by atoms with Crippen molar-refractivity contribution in [2.45, 2.75) is 38.6 Å². The van der Waals surface area contributed by atoms with Crippen molar-refractivity contribution in [3.63, 3.8) is 0 Å². The fourth-order valence-electron chi connectivity index (χ4n) is 1.88. The highest BCUT2D eigenvalue weighted by molar-refractivity contribution is 5.78. The summed E-state index contributed by atoms with van der Waals surface area (Å²) < 4.78 is 0. The van der Waals surface area contributed by atoms with E-state index in [0.717, 1.165) is 36.7 Å². The Morgan fingerprint density at radius 2 is 1.93 bits per heavy atom. The first-order valence-electron chi connectivity index (χ1n) is 5.38. The van der Waals surface area contributed by atoms with Crippen molar-refractivity contribution in [2.24, 2.45) is 5.73 Å². The van der Waals surface area contributed by atoms with Gasteiger partial charge in [0.05, 0.1) is 0 Å². The summed E-state index contributed by atoms with van der Waals surface area (Å²) in [6, 6.07) is 4.06. The number of rotatable bonds is 3. The van der Waals surface area contributed by atoms with Gasteiger partial charge in [-0.15, -0.1) is 0 Å². The van der Waals surface area contributed by atoms with Crippen LogP contribution in [0, 0.1) is 13.8 Å². The molecule has 1 aromatic carbocycles. The van der Waals surface area contributed by atoms with E-state index in [1.807, 2.05) is 13.0 Å². The molecule has 1 aliphatic carbocycles. The maximum absolute atomic E-state index is 11.0. The Hall–Kier alpha value is -1.15. The highest BCUT2D eigenvalue weighted by Gasteiger charge is 2.38. The van der Waals surface area contributed by atoms with Crippen molar-refractivity contribution in [2.75, 3.05) is 0 Å². The molecule has 1 aromatic rings. The maximum atomic E-state index is 11.0. The molecule has 0 spiro atoms. The summed E-state index contributed by atoms with van der Waals surface area (Å²) in [5, 5.41) is 0. The van der Waals surface area contributed by atoms with Crippen molar-refractivity contribution >= 4 is 6.29 Å². The molecule has 2 heteroatoms. The Bertz CT molecular complexity index is 405. The number of carbonyl (C=O) groups is 1. The van der Waals surface area contributed by atoms with Crippen molar-refractivity contribution in [3.8, 4) is 0 Å². The fraction of sp³-hybridized carbons (Fsp3) is 0.462. The normalized spacial score (nSPS) is 17.5. The predicted octanol–water partition coefficient (Wildman–Crippen LogP) is 2.15. The third kappa shape index (κ3) is 2.10.